The summed E-state index contributed by atoms with van der Waals surface area (Å²) >= 11 is 3.46. The van der Waals surface area contributed by atoms with Crippen LogP contribution in [-0.2, 0) is 16.1 Å². The number of esters is 1. The Labute approximate surface area is 128 Å². The van der Waals surface area contributed by atoms with Gasteiger partial charge in [0.2, 0.25) is 0 Å². The minimum atomic E-state index is -0.0676. The summed E-state index contributed by atoms with van der Waals surface area (Å²) in [4.78, 5) is 18.4. The zero-order valence-electron chi connectivity index (χ0n) is 12.3. The molecule has 1 aromatic rings. The van der Waals surface area contributed by atoms with Crippen LogP contribution in [0, 0.1) is 19.8 Å². The lowest BCUT2D eigenvalue weighted by molar-refractivity contribution is -0.147. The van der Waals surface area contributed by atoms with Crippen molar-refractivity contribution in [3.63, 3.8) is 0 Å². The average Bonchev–Trinajstić information content (AvgIpc) is 2.44. The van der Waals surface area contributed by atoms with Gasteiger partial charge in [0.05, 0.1) is 13.0 Å². The van der Waals surface area contributed by atoms with E-state index >= 15 is 0 Å². The third-order valence-corrected chi connectivity index (χ3v) is 4.77. The highest BCUT2D eigenvalue weighted by Crippen LogP contribution is 2.22. The first-order valence-electron chi connectivity index (χ1n) is 6.94. The van der Waals surface area contributed by atoms with Crippen LogP contribution in [0.4, 0.5) is 0 Å². The predicted molar refractivity (Wildman–Crippen MR) is 81.4 cm³/mol. The van der Waals surface area contributed by atoms with Crippen LogP contribution in [0.2, 0.25) is 0 Å². The molecule has 0 atom stereocenters. The summed E-state index contributed by atoms with van der Waals surface area (Å²) in [6.45, 7) is 6.88. The molecule has 0 aromatic carbocycles. The van der Waals surface area contributed by atoms with Crippen LogP contribution in [0.1, 0.15) is 29.7 Å². The minimum absolute atomic E-state index is 0.0676. The van der Waals surface area contributed by atoms with Crippen molar-refractivity contribution in [3.8, 4) is 0 Å². The number of hydrogen-bond donors (Lipinski definition) is 0. The van der Waals surface area contributed by atoms with Crippen LogP contribution >= 0.6 is 15.9 Å². The van der Waals surface area contributed by atoms with Crippen molar-refractivity contribution in [2.75, 3.05) is 20.2 Å². The summed E-state index contributed by atoms with van der Waals surface area (Å²) < 4.78 is 5.74. The Balaban J connectivity index is 1.96. The molecule has 2 heterocycles. The van der Waals surface area contributed by atoms with Gasteiger partial charge in [-0.2, -0.15) is 0 Å². The van der Waals surface area contributed by atoms with E-state index in [-0.39, 0.29) is 11.9 Å². The van der Waals surface area contributed by atoms with Crippen LogP contribution < -0.4 is 0 Å². The fraction of sp³-hybridized carbons (Fsp3) is 0.600. The van der Waals surface area contributed by atoms with E-state index in [0.717, 1.165) is 48.3 Å². The van der Waals surface area contributed by atoms with E-state index in [9.17, 15) is 4.79 Å². The number of pyridine rings is 1. The molecular formula is C15H21BrN2O2. The molecule has 0 bridgehead atoms. The monoisotopic (exact) mass is 340 g/mol. The Bertz CT molecular complexity index is 497. The standard InChI is InChI=1S/C15H21BrN2O2/c1-10-8-13(11(2)17-14(10)16)9-18-6-4-12(5-7-18)15(19)20-3/h8,12H,4-7,9H2,1-3H3. The number of halogens is 1. The maximum Gasteiger partial charge on any atom is 0.308 e. The van der Waals surface area contributed by atoms with Crippen molar-refractivity contribution in [1.29, 1.82) is 0 Å². The van der Waals surface area contributed by atoms with Crippen LogP contribution in [0.3, 0.4) is 0 Å². The lowest BCUT2D eigenvalue weighted by Crippen LogP contribution is -2.36. The molecule has 0 aliphatic carbocycles. The molecular weight excluding hydrogens is 320 g/mol. The van der Waals surface area contributed by atoms with Crippen LogP contribution in [0.15, 0.2) is 10.7 Å². The molecule has 1 aliphatic heterocycles. The van der Waals surface area contributed by atoms with Gasteiger partial charge in [-0.15, -0.1) is 0 Å². The molecule has 1 fully saturated rings. The summed E-state index contributed by atoms with van der Waals surface area (Å²) in [6, 6.07) is 2.19. The van der Waals surface area contributed by atoms with Crippen LogP contribution in [-0.4, -0.2) is 36.1 Å². The van der Waals surface area contributed by atoms with E-state index < -0.39 is 0 Å². The van der Waals surface area contributed by atoms with Gasteiger partial charge in [0.1, 0.15) is 4.60 Å². The summed E-state index contributed by atoms with van der Waals surface area (Å²) in [5, 5.41) is 0. The fourth-order valence-corrected chi connectivity index (χ4v) is 3.01. The van der Waals surface area contributed by atoms with Gasteiger partial charge in [0.15, 0.2) is 0 Å². The number of nitrogens with zero attached hydrogens (tertiary/aromatic N) is 2. The summed E-state index contributed by atoms with van der Waals surface area (Å²) in [6.07, 6.45) is 1.77. The van der Waals surface area contributed by atoms with E-state index in [0.29, 0.717) is 0 Å². The molecule has 0 amide bonds. The smallest absolute Gasteiger partial charge is 0.308 e. The number of piperidine rings is 1. The first-order chi connectivity index (χ1) is 9.51. The van der Waals surface area contributed by atoms with Crippen molar-refractivity contribution in [2.45, 2.75) is 33.2 Å². The molecule has 0 radical (unpaired) electrons. The van der Waals surface area contributed by atoms with Gasteiger partial charge in [-0.1, -0.05) is 6.07 Å². The molecule has 0 unspecified atom stereocenters. The van der Waals surface area contributed by atoms with Gasteiger partial charge >= 0.3 is 5.97 Å². The van der Waals surface area contributed by atoms with E-state index in [1.165, 1.54) is 12.7 Å². The van der Waals surface area contributed by atoms with E-state index in [2.05, 4.69) is 38.8 Å². The van der Waals surface area contributed by atoms with Gasteiger partial charge in [0, 0.05) is 12.2 Å². The maximum atomic E-state index is 11.5. The molecule has 110 valence electrons. The quantitative estimate of drug-likeness (QED) is 0.626. The zero-order chi connectivity index (χ0) is 14.7. The number of carbonyl (C=O) groups excluding carboxylic acids is 1. The summed E-state index contributed by atoms with van der Waals surface area (Å²) in [5.41, 5.74) is 3.50. The Morgan fingerprint density at radius 2 is 2.10 bits per heavy atom. The highest BCUT2D eigenvalue weighted by atomic mass is 79.9. The first-order valence-corrected chi connectivity index (χ1v) is 7.73. The van der Waals surface area contributed by atoms with E-state index in [1.807, 2.05) is 6.92 Å². The molecule has 0 spiro atoms. The molecule has 1 saturated heterocycles. The fourth-order valence-electron chi connectivity index (χ4n) is 2.63. The number of aromatic nitrogens is 1. The van der Waals surface area contributed by atoms with Crippen LogP contribution in [0.5, 0.6) is 0 Å². The van der Waals surface area contributed by atoms with Crippen molar-refractivity contribution in [2.24, 2.45) is 5.92 Å². The lowest BCUT2D eigenvalue weighted by atomic mass is 9.96. The molecule has 1 aromatic heterocycles. The van der Waals surface area contributed by atoms with Crippen molar-refractivity contribution >= 4 is 21.9 Å². The van der Waals surface area contributed by atoms with Gasteiger partial charge in [-0.3, -0.25) is 9.69 Å². The number of aryl methyl sites for hydroxylation is 2. The third kappa shape index (κ3) is 3.58. The normalized spacial score (nSPS) is 17.2. The van der Waals surface area contributed by atoms with Gasteiger partial charge in [-0.05, 0) is 66.8 Å². The van der Waals surface area contributed by atoms with Crippen molar-refractivity contribution in [3.05, 3.63) is 27.5 Å². The maximum absolute atomic E-state index is 11.5. The molecule has 1 aliphatic rings. The number of hydrogen-bond acceptors (Lipinski definition) is 4. The highest BCUT2D eigenvalue weighted by molar-refractivity contribution is 9.10. The molecule has 4 nitrogen and oxygen atoms in total. The largest absolute Gasteiger partial charge is 0.469 e. The molecule has 20 heavy (non-hydrogen) atoms. The lowest BCUT2D eigenvalue weighted by Gasteiger charge is -2.31. The number of carbonyl (C=O) groups is 1. The van der Waals surface area contributed by atoms with E-state index in [1.54, 1.807) is 0 Å². The molecule has 0 saturated carbocycles. The molecule has 2 rings (SSSR count). The SMILES string of the molecule is COC(=O)C1CCN(Cc2cc(C)c(Br)nc2C)CC1. The average molecular weight is 341 g/mol. The number of methoxy groups -OCH3 is 1. The van der Waals surface area contributed by atoms with Gasteiger partial charge < -0.3 is 4.74 Å². The highest BCUT2D eigenvalue weighted by Gasteiger charge is 2.25. The Morgan fingerprint density at radius 3 is 2.70 bits per heavy atom. The Morgan fingerprint density at radius 1 is 1.45 bits per heavy atom. The second-order valence-electron chi connectivity index (χ2n) is 5.41. The Kier molecular flexibility index (Phi) is 5.16. The third-order valence-electron chi connectivity index (χ3n) is 3.96. The van der Waals surface area contributed by atoms with E-state index in [4.69, 9.17) is 4.74 Å². The first kappa shape index (κ1) is 15.4. The molecule has 0 N–H and O–H groups in total. The van der Waals surface area contributed by atoms with Crippen molar-refractivity contribution < 1.29 is 9.53 Å². The zero-order valence-corrected chi connectivity index (χ0v) is 13.9. The number of ether oxygens (including phenoxy) is 1. The second-order valence-corrected chi connectivity index (χ2v) is 6.17. The number of likely N-dealkylation sites (tertiary alicyclic amines) is 1. The molecule has 5 heteroatoms. The topological polar surface area (TPSA) is 42.4 Å². The van der Waals surface area contributed by atoms with Crippen LogP contribution in [0.25, 0.3) is 0 Å². The summed E-state index contributed by atoms with van der Waals surface area (Å²) in [7, 11) is 1.47. The predicted octanol–water partition coefficient (Wildman–Crippen LogP) is 2.85. The minimum Gasteiger partial charge on any atom is -0.469 e. The van der Waals surface area contributed by atoms with Gasteiger partial charge in [0.25, 0.3) is 0 Å². The van der Waals surface area contributed by atoms with Crippen molar-refractivity contribution in [1.82, 2.24) is 9.88 Å². The van der Waals surface area contributed by atoms with Gasteiger partial charge in [-0.25, -0.2) is 4.98 Å². The summed E-state index contributed by atoms with van der Waals surface area (Å²) in [5.74, 6) is 0.00380. The Hall–Kier alpha value is -0.940. The number of rotatable bonds is 3. The second kappa shape index (κ2) is 6.68.